The van der Waals surface area contributed by atoms with Crippen molar-refractivity contribution in [2.24, 2.45) is 5.92 Å². The number of hydrogen-bond donors (Lipinski definition) is 2. The van der Waals surface area contributed by atoms with Gasteiger partial charge in [0.1, 0.15) is 5.82 Å². The molecule has 0 amide bonds. The molecule has 18 heavy (non-hydrogen) atoms. The van der Waals surface area contributed by atoms with Gasteiger partial charge in [-0.2, -0.15) is 0 Å². The van der Waals surface area contributed by atoms with Gasteiger partial charge < -0.3 is 10.2 Å². The van der Waals surface area contributed by atoms with Crippen LogP contribution in [0.3, 0.4) is 0 Å². The van der Waals surface area contributed by atoms with Crippen LogP contribution in [0.4, 0.5) is 4.39 Å². The Bertz CT molecular complexity index is 456. The van der Waals surface area contributed by atoms with Crippen molar-refractivity contribution in [1.82, 2.24) is 0 Å². The van der Waals surface area contributed by atoms with Gasteiger partial charge in [0.25, 0.3) is 0 Å². The largest absolute Gasteiger partial charge is 0.479 e. The topological polar surface area (TPSA) is 57.5 Å². The van der Waals surface area contributed by atoms with E-state index in [2.05, 4.69) is 0 Å². The van der Waals surface area contributed by atoms with Crippen molar-refractivity contribution in [1.29, 1.82) is 0 Å². The van der Waals surface area contributed by atoms with Crippen LogP contribution >= 0.6 is 0 Å². The molecule has 4 heteroatoms. The Labute approximate surface area is 106 Å². The van der Waals surface area contributed by atoms with Gasteiger partial charge in [-0.15, -0.1) is 0 Å². The number of hydrogen-bond acceptors (Lipinski definition) is 2. The molecule has 0 spiro atoms. The summed E-state index contributed by atoms with van der Waals surface area (Å²) in [4.78, 5) is 11.3. The van der Waals surface area contributed by atoms with Gasteiger partial charge in [0.05, 0.1) is 0 Å². The fourth-order valence-corrected chi connectivity index (χ4v) is 2.06. The second-order valence-electron chi connectivity index (χ2n) is 5.02. The van der Waals surface area contributed by atoms with E-state index in [0.717, 1.165) is 0 Å². The SMILES string of the molecule is Cc1ccc(C(C)C(O)(C(=O)O)C(C)C)cc1F. The van der Waals surface area contributed by atoms with Crippen molar-refractivity contribution >= 4 is 5.97 Å². The minimum atomic E-state index is -1.90. The van der Waals surface area contributed by atoms with Crippen LogP contribution in [0.5, 0.6) is 0 Å². The molecule has 1 aromatic rings. The highest BCUT2D eigenvalue weighted by Gasteiger charge is 2.45. The summed E-state index contributed by atoms with van der Waals surface area (Å²) >= 11 is 0. The molecule has 0 fully saturated rings. The molecule has 2 N–H and O–H groups in total. The Hall–Kier alpha value is -1.42. The molecule has 0 aliphatic carbocycles. The number of benzene rings is 1. The highest BCUT2D eigenvalue weighted by molar-refractivity contribution is 5.79. The molecule has 0 aromatic heterocycles. The monoisotopic (exact) mass is 254 g/mol. The second-order valence-corrected chi connectivity index (χ2v) is 5.02. The molecule has 2 unspecified atom stereocenters. The lowest BCUT2D eigenvalue weighted by Gasteiger charge is -2.34. The van der Waals surface area contributed by atoms with Crippen molar-refractivity contribution in [3.63, 3.8) is 0 Å². The number of rotatable bonds is 4. The number of aliphatic carboxylic acids is 1. The van der Waals surface area contributed by atoms with Crippen LogP contribution in [-0.2, 0) is 4.79 Å². The minimum absolute atomic E-state index is 0.393. The minimum Gasteiger partial charge on any atom is -0.479 e. The van der Waals surface area contributed by atoms with Crippen LogP contribution in [0, 0.1) is 18.7 Å². The molecule has 0 heterocycles. The lowest BCUT2D eigenvalue weighted by molar-refractivity contribution is -0.166. The number of aliphatic hydroxyl groups is 1. The number of aryl methyl sites for hydroxylation is 1. The first kappa shape index (κ1) is 14.6. The first-order valence-electron chi connectivity index (χ1n) is 5.93. The van der Waals surface area contributed by atoms with Crippen molar-refractivity contribution in [3.8, 4) is 0 Å². The average molecular weight is 254 g/mol. The molecule has 0 saturated carbocycles. The van der Waals surface area contributed by atoms with Crippen LogP contribution in [0.15, 0.2) is 18.2 Å². The number of carboxylic acids is 1. The molecule has 0 aliphatic rings. The lowest BCUT2D eigenvalue weighted by atomic mass is 9.76. The van der Waals surface area contributed by atoms with Gasteiger partial charge in [-0.1, -0.05) is 32.9 Å². The van der Waals surface area contributed by atoms with E-state index in [9.17, 15) is 19.4 Å². The Morgan fingerprint density at radius 3 is 2.28 bits per heavy atom. The smallest absolute Gasteiger partial charge is 0.336 e. The predicted molar refractivity (Wildman–Crippen MR) is 67.0 cm³/mol. The van der Waals surface area contributed by atoms with Crippen molar-refractivity contribution in [3.05, 3.63) is 35.1 Å². The second kappa shape index (κ2) is 5.06. The van der Waals surface area contributed by atoms with E-state index in [1.54, 1.807) is 39.8 Å². The summed E-state index contributed by atoms with van der Waals surface area (Å²) in [7, 11) is 0. The molecule has 1 aromatic carbocycles. The first-order chi connectivity index (χ1) is 8.21. The van der Waals surface area contributed by atoms with Crippen LogP contribution in [0.2, 0.25) is 0 Å². The zero-order valence-corrected chi connectivity index (χ0v) is 11.1. The van der Waals surface area contributed by atoms with Crippen LogP contribution < -0.4 is 0 Å². The molecule has 0 radical (unpaired) electrons. The first-order valence-corrected chi connectivity index (χ1v) is 5.93. The van der Waals surface area contributed by atoms with Crippen LogP contribution in [0.25, 0.3) is 0 Å². The van der Waals surface area contributed by atoms with Gasteiger partial charge in [0, 0.05) is 5.92 Å². The summed E-state index contributed by atoms with van der Waals surface area (Å²) < 4.78 is 13.5. The normalized spacial score (nSPS) is 16.4. The summed E-state index contributed by atoms with van der Waals surface area (Å²) in [6.07, 6.45) is 0. The molecule has 0 aliphatic heterocycles. The molecule has 100 valence electrons. The van der Waals surface area contributed by atoms with Crippen LogP contribution in [-0.4, -0.2) is 21.8 Å². The van der Waals surface area contributed by atoms with Crippen molar-refractivity contribution in [2.75, 3.05) is 0 Å². The third-order valence-corrected chi connectivity index (χ3v) is 3.58. The Morgan fingerprint density at radius 1 is 1.33 bits per heavy atom. The molecule has 1 rings (SSSR count). The molecular formula is C14H19FO3. The summed E-state index contributed by atoms with van der Waals surface area (Å²) in [6.45, 7) is 6.50. The van der Waals surface area contributed by atoms with E-state index in [1.807, 2.05) is 0 Å². The maximum absolute atomic E-state index is 13.5. The molecule has 2 atom stereocenters. The quantitative estimate of drug-likeness (QED) is 0.868. The predicted octanol–water partition coefficient (Wildman–Crippen LogP) is 2.71. The Morgan fingerprint density at radius 2 is 1.89 bits per heavy atom. The zero-order chi connectivity index (χ0) is 14.1. The Balaban J connectivity index is 3.22. The molecule has 3 nitrogen and oxygen atoms in total. The van der Waals surface area contributed by atoms with E-state index >= 15 is 0 Å². The summed E-state index contributed by atoms with van der Waals surface area (Å²) in [5.74, 6) is -2.85. The van der Waals surface area contributed by atoms with Crippen molar-refractivity contribution < 1.29 is 19.4 Å². The lowest BCUT2D eigenvalue weighted by Crippen LogP contribution is -2.48. The number of carbonyl (C=O) groups is 1. The van der Waals surface area contributed by atoms with Gasteiger partial charge >= 0.3 is 5.97 Å². The van der Waals surface area contributed by atoms with E-state index in [-0.39, 0.29) is 0 Å². The van der Waals surface area contributed by atoms with Gasteiger partial charge in [-0.3, -0.25) is 0 Å². The highest BCUT2D eigenvalue weighted by Crippen LogP contribution is 2.34. The van der Waals surface area contributed by atoms with Crippen LogP contribution in [0.1, 0.15) is 37.8 Å². The number of carboxylic acid groups (broad SMARTS) is 1. The average Bonchev–Trinajstić information content (AvgIpc) is 2.30. The Kier molecular flexibility index (Phi) is 4.12. The molecular weight excluding hydrogens is 235 g/mol. The fourth-order valence-electron chi connectivity index (χ4n) is 2.06. The summed E-state index contributed by atoms with van der Waals surface area (Å²) in [5.41, 5.74) is -0.923. The highest BCUT2D eigenvalue weighted by atomic mass is 19.1. The summed E-state index contributed by atoms with van der Waals surface area (Å²) in [5, 5.41) is 19.5. The number of halogens is 1. The summed E-state index contributed by atoms with van der Waals surface area (Å²) in [6, 6.07) is 4.53. The maximum Gasteiger partial charge on any atom is 0.336 e. The molecule has 0 bridgehead atoms. The van der Waals surface area contributed by atoms with Gasteiger partial charge in [-0.25, -0.2) is 9.18 Å². The van der Waals surface area contributed by atoms with Gasteiger partial charge in [0.2, 0.25) is 0 Å². The third kappa shape index (κ3) is 2.38. The maximum atomic E-state index is 13.5. The third-order valence-electron chi connectivity index (χ3n) is 3.58. The van der Waals surface area contributed by atoms with Gasteiger partial charge in [0.15, 0.2) is 5.60 Å². The fraction of sp³-hybridized carbons (Fsp3) is 0.500. The van der Waals surface area contributed by atoms with E-state index < -0.39 is 29.2 Å². The van der Waals surface area contributed by atoms with E-state index in [1.165, 1.54) is 6.07 Å². The zero-order valence-electron chi connectivity index (χ0n) is 11.1. The van der Waals surface area contributed by atoms with E-state index in [4.69, 9.17) is 0 Å². The van der Waals surface area contributed by atoms with Crippen molar-refractivity contribution in [2.45, 2.75) is 39.2 Å². The standard InChI is InChI=1S/C14H19FO3/c1-8(2)14(18,13(16)17)10(4)11-6-5-9(3)12(15)7-11/h5-8,10,18H,1-4H3,(H,16,17). The molecule has 0 saturated heterocycles. The van der Waals surface area contributed by atoms with E-state index in [0.29, 0.717) is 11.1 Å². The van der Waals surface area contributed by atoms with Gasteiger partial charge in [-0.05, 0) is 30.0 Å².